The number of hydrogen-bond acceptors (Lipinski definition) is 3. The van der Waals surface area contributed by atoms with Gasteiger partial charge in [0.15, 0.2) is 0 Å². The first-order valence-corrected chi connectivity index (χ1v) is 9.61. The largest absolute Gasteiger partial charge is 0.376 e. The van der Waals surface area contributed by atoms with Crippen LogP contribution in [0.3, 0.4) is 0 Å². The fourth-order valence-electron chi connectivity index (χ4n) is 3.27. The van der Waals surface area contributed by atoms with Crippen LogP contribution in [0.15, 0.2) is 48.5 Å². The van der Waals surface area contributed by atoms with Crippen LogP contribution in [-0.2, 0) is 11.2 Å². The Morgan fingerprint density at radius 1 is 1.00 bits per heavy atom. The van der Waals surface area contributed by atoms with Crippen LogP contribution < -0.4 is 15.5 Å². The van der Waals surface area contributed by atoms with Crippen LogP contribution in [0.1, 0.15) is 32.3 Å². The number of amides is 1. The minimum Gasteiger partial charge on any atom is -0.376 e. The van der Waals surface area contributed by atoms with Gasteiger partial charge in [-0.2, -0.15) is 0 Å². The molecule has 1 amide bonds. The van der Waals surface area contributed by atoms with Gasteiger partial charge in [-0.3, -0.25) is 4.79 Å². The Kier molecular flexibility index (Phi) is 6.16. The lowest BCUT2D eigenvalue weighted by atomic mass is 9.99. The highest BCUT2D eigenvalue weighted by molar-refractivity contribution is 5.93. The molecule has 2 aromatic carbocycles. The van der Waals surface area contributed by atoms with E-state index in [9.17, 15) is 4.79 Å². The molecule has 3 rings (SSSR count). The van der Waals surface area contributed by atoms with Crippen LogP contribution in [0, 0.1) is 5.92 Å². The molecule has 1 aliphatic rings. The molecule has 4 nitrogen and oxygen atoms in total. The van der Waals surface area contributed by atoms with E-state index < -0.39 is 0 Å². The van der Waals surface area contributed by atoms with E-state index in [4.69, 9.17) is 0 Å². The fourth-order valence-corrected chi connectivity index (χ4v) is 3.27. The summed E-state index contributed by atoms with van der Waals surface area (Å²) in [7, 11) is 0. The Morgan fingerprint density at radius 2 is 1.62 bits per heavy atom. The number of aryl methyl sites for hydroxylation is 1. The quantitative estimate of drug-likeness (QED) is 0.803. The third kappa shape index (κ3) is 5.01. The van der Waals surface area contributed by atoms with E-state index in [2.05, 4.69) is 53.6 Å². The van der Waals surface area contributed by atoms with Gasteiger partial charge in [0.1, 0.15) is 0 Å². The van der Waals surface area contributed by atoms with Crippen molar-refractivity contribution >= 4 is 23.0 Å². The zero-order valence-electron chi connectivity index (χ0n) is 15.8. The van der Waals surface area contributed by atoms with Crippen LogP contribution >= 0.6 is 0 Å². The van der Waals surface area contributed by atoms with Gasteiger partial charge in [0.2, 0.25) is 5.91 Å². The number of piperidine rings is 1. The topological polar surface area (TPSA) is 44.4 Å². The van der Waals surface area contributed by atoms with Crippen LogP contribution in [-0.4, -0.2) is 25.5 Å². The van der Waals surface area contributed by atoms with Crippen LogP contribution in [0.4, 0.5) is 17.1 Å². The molecule has 0 saturated carbocycles. The van der Waals surface area contributed by atoms with Crippen molar-refractivity contribution in [1.82, 2.24) is 0 Å². The normalized spacial score (nSPS) is 14.9. The molecule has 1 heterocycles. The summed E-state index contributed by atoms with van der Waals surface area (Å²) in [6.45, 7) is 6.97. The Hall–Kier alpha value is -2.49. The average molecular weight is 351 g/mol. The number of nitrogens with zero attached hydrogens (tertiary/aromatic N) is 1. The standard InChI is InChI=1S/C22H29N3O/c1-3-18-4-6-20(7-5-18)24-22(26)16-23-19-8-10-21(11-9-19)25-14-12-17(2)13-15-25/h4-11,17,23H,3,12-16H2,1-2H3,(H,24,26). The first kappa shape index (κ1) is 18.3. The van der Waals surface area contributed by atoms with E-state index in [1.54, 1.807) is 0 Å². The number of hydrogen-bond donors (Lipinski definition) is 2. The molecule has 1 fully saturated rings. The highest BCUT2D eigenvalue weighted by Gasteiger charge is 2.15. The number of anilines is 3. The maximum atomic E-state index is 12.1. The summed E-state index contributed by atoms with van der Waals surface area (Å²) in [6, 6.07) is 16.4. The second-order valence-corrected chi connectivity index (χ2v) is 7.17. The lowest BCUT2D eigenvalue weighted by molar-refractivity contribution is -0.114. The molecule has 0 aromatic heterocycles. The molecular weight excluding hydrogens is 322 g/mol. The second kappa shape index (κ2) is 8.75. The maximum absolute atomic E-state index is 12.1. The molecule has 2 N–H and O–H groups in total. The summed E-state index contributed by atoms with van der Waals surface area (Å²) in [5.41, 5.74) is 4.34. The average Bonchev–Trinajstić information content (AvgIpc) is 2.68. The van der Waals surface area contributed by atoms with Crippen molar-refractivity contribution in [3.63, 3.8) is 0 Å². The van der Waals surface area contributed by atoms with Crippen molar-refractivity contribution < 1.29 is 4.79 Å². The van der Waals surface area contributed by atoms with E-state index in [1.807, 2.05) is 24.3 Å². The summed E-state index contributed by atoms with van der Waals surface area (Å²) in [6.07, 6.45) is 3.53. The maximum Gasteiger partial charge on any atom is 0.243 e. The molecular formula is C22H29N3O. The molecule has 26 heavy (non-hydrogen) atoms. The van der Waals surface area contributed by atoms with Crippen LogP contribution in [0.25, 0.3) is 0 Å². The molecule has 2 aromatic rings. The van der Waals surface area contributed by atoms with Crippen LogP contribution in [0.5, 0.6) is 0 Å². The minimum absolute atomic E-state index is 0.0386. The molecule has 1 aliphatic heterocycles. The van der Waals surface area contributed by atoms with Crippen molar-refractivity contribution in [1.29, 1.82) is 0 Å². The lowest BCUT2D eigenvalue weighted by Crippen LogP contribution is -2.32. The Balaban J connectivity index is 1.47. The lowest BCUT2D eigenvalue weighted by Gasteiger charge is -2.32. The zero-order chi connectivity index (χ0) is 18.4. The van der Waals surface area contributed by atoms with Gasteiger partial charge in [-0.25, -0.2) is 0 Å². The summed E-state index contributed by atoms with van der Waals surface area (Å²) in [5, 5.41) is 6.11. The third-order valence-electron chi connectivity index (χ3n) is 5.12. The Morgan fingerprint density at radius 3 is 2.23 bits per heavy atom. The SMILES string of the molecule is CCc1ccc(NC(=O)CNc2ccc(N3CCC(C)CC3)cc2)cc1. The number of benzene rings is 2. The molecule has 1 saturated heterocycles. The summed E-state index contributed by atoms with van der Waals surface area (Å²) < 4.78 is 0. The van der Waals surface area contributed by atoms with Gasteiger partial charge in [0.25, 0.3) is 0 Å². The molecule has 0 spiro atoms. The van der Waals surface area contributed by atoms with Gasteiger partial charge in [-0.05, 0) is 67.1 Å². The fraction of sp³-hybridized carbons (Fsp3) is 0.409. The minimum atomic E-state index is -0.0386. The third-order valence-corrected chi connectivity index (χ3v) is 5.12. The molecule has 0 radical (unpaired) electrons. The van der Waals surface area contributed by atoms with E-state index in [0.717, 1.165) is 36.8 Å². The first-order chi connectivity index (χ1) is 12.6. The summed E-state index contributed by atoms with van der Waals surface area (Å²) >= 11 is 0. The molecule has 0 unspecified atom stereocenters. The highest BCUT2D eigenvalue weighted by Crippen LogP contribution is 2.24. The van der Waals surface area contributed by atoms with Crippen molar-refractivity contribution in [2.75, 3.05) is 35.2 Å². The van der Waals surface area contributed by atoms with Gasteiger partial charge in [-0.15, -0.1) is 0 Å². The number of rotatable bonds is 6. The van der Waals surface area contributed by atoms with Gasteiger partial charge < -0.3 is 15.5 Å². The molecule has 0 atom stereocenters. The van der Waals surface area contributed by atoms with Gasteiger partial charge >= 0.3 is 0 Å². The van der Waals surface area contributed by atoms with E-state index in [0.29, 0.717) is 0 Å². The van der Waals surface area contributed by atoms with Crippen molar-refractivity contribution in [3.8, 4) is 0 Å². The predicted molar refractivity (Wildman–Crippen MR) is 110 cm³/mol. The molecule has 0 aliphatic carbocycles. The molecule has 138 valence electrons. The second-order valence-electron chi connectivity index (χ2n) is 7.17. The highest BCUT2D eigenvalue weighted by atomic mass is 16.1. The van der Waals surface area contributed by atoms with Crippen LogP contribution in [0.2, 0.25) is 0 Å². The number of nitrogens with one attached hydrogen (secondary N) is 2. The summed E-state index contributed by atoms with van der Waals surface area (Å²) in [5.74, 6) is 0.798. The first-order valence-electron chi connectivity index (χ1n) is 9.61. The number of carbonyl (C=O) groups excluding carboxylic acids is 1. The van der Waals surface area contributed by atoms with Gasteiger partial charge in [0.05, 0.1) is 6.54 Å². The van der Waals surface area contributed by atoms with E-state index in [-0.39, 0.29) is 12.5 Å². The molecule has 4 heteroatoms. The molecule has 0 bridgehead atoms. The predicted octanol–water partition coefficient (Wildman–Crippen LogP) is 4.54. The summed E-state index contributed by atoms with van der Waals surface area (Å²) in [4.78, 5) is 14.5. The Bertz CT molecular complexity index is 701. The van der Waals surface area contributed by atoms with Gasteiger partial charge in [-0.1, -0.05) is 26.0 Å². The smallest absolute Gasteiger partial charge is 0.243 e. The van der Waals surface area contributed by atoms with Crippen molar-refractivity contribution in [2.24, 2.45) is 5.92 Å². The van der Waals surface area contributed by atoms with E-state index >= 15 is 0 Å². The van der Waals surface area contributed by atoms with E-state index in [1.165, 1.54) is 24.1 Å². The number of carbonyl (C=O) groups is 1. The Labute approximate surface area is 156 Å². The zero-order valence-corrected chi connectivity index (χ0v) is 15.8. The van der Waals surface area contributed by atoms with Crippen molar-refractivity contribution in [3.05, 3.63) is 54.1 Å². The van der Waals surface area contributed by atoms with Crippen molar-refractivity contribution in [2.45, 2.75) is 33.1 Å². The monoisotopic (exact) mass is 351 g/mol. The van der Waals surface area contributed by atoms with Gasteiger partial charge in [0, 0.05) is 30.2 Å².